The molecule has 1 heterocycles. The molecule has 1 aliphatic rings. The molecule has 6 aromatic carbocycles. The van der Waals surface area contributed by atoms with Gasteiger partial charge in [-0.2, -0.15) is 0 Å². The van der Waals surface area contributed by atoms with Crippen molar-refractivity contribution in [1.82, 2.24) is 0 Å². The number of phosphoric acid groups is 1. The summed E-state index contributed by atoms with van der Waals surface area (Å²) in [4.78, 5) is 10.6. The van der Waals surface area contributed by atoms with E-state index in [1.807, 2.05) is 109 Å². The van der Waals surface area contributed by atoms with Crippen molar-refractivity contribution in [1.29, 1.82) is 0 Å². The molecular weight excluding hydrogens is 535 g/mol. The van der Waals surface area contributed by atoms with E-state index in [0.717, 1.165) is 32.7 Å². The van der Waals surface area contributed by atoms with Crippen molar-refractivity contribution in [3.05, 3.63) is 132 Å². The molecular formula is C34H25O6P. The Morgan fingerprint density at radius 1 is 0.561 bits per heavy atom. The van der Waals surface area contributed by atoms with Gasteiger partial charge >= 0.3 is 7.82 Å². The molecule has 0 fully saturated rings. The Hall–Kier alpha value is -4.77. The maximum Gasteiger partial charge on any atom is 0.584 e. The second-order valence-electron chi connectivity index (χ2n) is 9.84. The van der Waals surface area contributed by atoms with Crippen molar-refractivity contribution < 1.29 is 28.0 Å². The first-order valence-corrected chi connectivity index (χ1v) is 14.7. The van der Waals surface area contributed by atoms with Gasteiger partial charge in [-0.15, -0.1) is 0 Å². The minimum Gasteiger partial charge on any atom is -0.489 e. The summed E-state index contributed by atoms with van der Waals surface area (Å²) in [7, 11) is -4.44. The number of hydrogen-bond acceptors (Lipinski definition) is 5. The maximum absolute atomic E-state index is 13.0. The zero-order chi connectivity index (χ0) is 27.8. The largest absolute Gasteiger partial charge is 0.584 e. The third-order valence-corrected chi connectivity index (χ3v) is 7.94. The number of phosphoric ester groups is 1. The Balaban J connectivity index is 1.38. The topological polar surface area (TPSA) is 74.2 Å². The first-order chi connectivity index (χ1) is 20.0. The highest BCUT2D eigenvalue weighted by molar-refractivity contribution is 7.48. The van der Waals surface area contributed by atoms with Crippen LogP contribution in [-0.2, 0) is 17.8 Å². The van der Waals surface area contributed by atoms with Gasteiger partial charge in [0.25, 0.3) is 0 Å². The van der Waals surface area contributed by atoms with E-state index in [1.54, 1.807) is 12.1 Å². The quantitative estimate of drug-likeness (QED) is 0.206. The predicted molar refractivity (Wildman–Crippen MR) is 160 cm³/mol. The molecule has 1 N–H and O–H groups in total. The molecule has 7 heteroatoms. The monoisotopic (exact) mass is 560 g/mol. The summed E-state index contributed by atoms with van der Waals surface area (Å²) in [6.45, 7) is 0.822. The molecule has 0 unspecified atom stereocenters. The number of fused-ring (bicyclic) bond motifs is 7. The van der Waals surface area contributed by atoms with E-state index < -0.39 is 7.82 Å². The fraction of sp³-hybridized carbons (Fsp3) is 0.0588. The maximum atomic E-state index is 13.0. The van der Waals surface area contributed by atoms with Crippen LogP contribution in [0.1, 0.15) is 11.1 Å². The van der Waals surface area contributed by atoms with Crippen molar-refractivity contribution in [2.75, 3.05) is 0 Å². The summed E-state index contributed by atoms with van der Waals surface area (Å²) in [5.41, 5.74) is 3.41. The van der Waals surface area contributed by atoms with Gasteiger partial charge in [0.2, 0.25) is 0 Å². The molecule has 41 heavy (non-hydrogen) atoms. The second-order valence-corrected chi connectivity index (χ2v) is 11.1. The molecule has 0 aromatic heterocycles. The highest BCUT2D eigenvalue weighted by Gasteiger charge is 2.34. The Morgan fingerprint density at radius 3 is 1.41 bits per heavy atom. The Bertz CT molecular complexity index is 1800. The molecule has 0 radical (unpaired) electrons. The van der Waals surface area contributed by atoms with Crippen LogP contribution in [0.25, 0.3) is 32.7 Å². The highest BCUT2D eigenvalue weighted by atomic mass is 31.2. The smallest absolute Gasteiger partial charge is 0.489 e. The third kappa shape index (κ3) is 5.11. The molecule has 6 aromatic rings. The predicted octanol–water partition coefficient (Wildman–Crippen LogP) is 8.69. The molecule has 0 spiro atoms. The van der Waals surface area contributed by atoms with Gasteiger partial charge in [0.05, 0.1) is 0 Å². The van der Waals surface area contributed by atoms with Crippen LogP contribution in [0, 0.1) is 0 Å². The zero-order valence-electron chi connectivity index (χ0n) is 21.9. The normalized spacial score (nSPS) is 13.4. The van der Waals surface area contributed by atoms with Gasteiger partial charge in [-0.1, -0.05) is 84.9 Å². The van der Waals surface area contributed by atoms with Crippen LogP contribution in [0.15, 0.2) is 121 Å². The minimum atomic E-state index is -4.44. The summed E-state index contributed by atoms with van der Waals surface area (Å²) < 4.78 is 36.4. The molecule has 6 nitrogen and oxygen atoms in total. The first kappa shape index (κ1) is 25.2. The van der Waals surface area contributed by atoms with Gasteiger partial charge in [0.1, 0.15) is 36.2 Å². The molecule has 1 aliphatic heterocycles. The number of rotatable bonds is 6. The summed E-state index contributed by atoms with van der Waals surface area (Å²) in [6, 6.07) is 38.7. The summed E-state index contributed by atoms with van der Waals surface area (Å²) in [5, 5.41) is 3.47. The van der Waals surface area contributed by atoms with E-state index in [2.05, 4.69) is 0 Å². The van der Waals surface area contributed by atoms with Crippen LogP contribution in [0.2, 0.25) is 0 Å². The number of hydrogen-bond donors (Lipinski definition) is 1. The van der Waals surface area contributed by atoms with Crippen LogP contribution in [0.5, 0.6) is 23.0 Å². The van der Waals surface area contributed by atoms with E-state index in [9.17, 15) is 9.46 Å². The Kier molecular flexibility index (Phi) is 6.35. The lowest BCUT2D eigenvalue weighted by atomic mass is 9.92. The lowest BCUT2D eigenvalue weighted by Crippen LogP contribution is -1.97. The molecule has 0 atom stereocenters. The molecule has 0 saturated heterocycles. The van der Waals surface area contributed by atoms with Gasteiger partial charge in [-0.05, 0) is 69.1 Å². The third-order valence-electron chi connectivity index (χ3n) is 7.08. The first-order valence-electron chi connectivity index (χ1n) is 13.2. The molecule has 0 amide bonds. The molecule has 0 saturated carbocycles. The zero-order valence-corrected chi connectivity index (χ0v) is 22.8. The lowest BCUT2D eigenvalue weighted by molar-refractivity contribution is 0.294. The van der Waals surface area contributed by atoms with Gasteiger partial charge < -0.3 is 18.5 Å². The summed E-state index contributed by atoms with van der Waals surface area (Å²) >= 11 is 0. The van der Waals surface area contributed by atoms with Crippen molar-refractivity contribution in [3.63, 3.8) is 0 Å². The van der Waals surface area contributed by atoms with Gasteiger partial charge in [0, 0.05) is 11.1 Å². The van der Waals surface area contributed by atoms with E-state index in [4.69, 9.17) is 18.5 Å². The van der Waals surface area contributed by atoms with Crippen molar-refractivity contribution >= 4 is 29.4 Å². The number of benzene rings is 6. The van der Waals surface area contributed by atoms with Gasteiger partial charge in [0.15, 0.2) is 0 Å². The van der Waals surface area contributed by atoms with Gasteiger partial charge in [-0.3, -0.25) is 4.89 Å². The average molecular weight is 561 g/mol. The molecule has 0 bridgehead atoms. The van der Waals surface area contributed by atoms with Crippen molar-refractivity contribution in [3.8, 4) is 34.1 Å². The van der Waals surface area contributed by atoms with Crippen LogP contribution in [-0.4, -0.2) is 4.89 Å². The fourth-order valence-electron chi connectivity index (χ4n) is 5.15. The molecule has 7 rings (SSSR count). The van der Waals surface area contributed by atoms with E-state index >= 15 is 0 Å². The summed E-state index contributed by atoms with van der Waals surface area (Å²) in [6.07, 6.45) is 0. The standard InChI is InChI=1S/C34H25O6P/c35-41(36)39-31-17-13-25-11-15-27(37-21-23-7-3-1-4-8-23)19-29(25)33(31)34-30-20-28(38-22-24-9-5-2-6-10-24)16-12-26(30)14-18-32(34)40-41/h1-20H,21-22H2,(H,35,36). The minimum absolute atomic E-state index is 0.255. The Labute approximate surface area is 236 Å². The van der Waals surface area contributed by atoms with E-state index in [1.165, 1.54) is 0 Å². The second kappa shape index (κ2) is 10.3. The van der Waals surface area contributed by atoms with Crippen LogP contribution < -0.4 is 18.5 Å². The lowest BCUT2D eigenvalue weighted by Gasteiger charge is -2.15. The Morgan fingerprint density at radius 2 is 0.976 bits per heavy atom. The number of ether oxygens (including phenoxy) is 2. The molecule has 202 valence electrons. The van der Waals surface area contributed by atoms with Gasteiger partial charge in [-0.25, -0.2) is 4.57 Å². The fourth-order valence-corrected chi connectivity index (χ4v) is 5.99. The van der Waals surface area contributed by atoms with E-state index in [0.29, 0.717) is 35.8 Å². The SMILES string of the molecule is O=P1(O)Oc2ccc3ccc(OCc4ccccc4)cc3c2-c2c(ccc3ccc(OCc4ccccc4)cc23)O1. The van der Waals surface area contributed by atoms with Crippen molar-refractivity contribution in [2.24, 2.45) is 0 Å². The summed E-state index contributed by atoms with van der Waals surface area (Å²) in [5.74, 6) is 1.84. The molecule has 0 aliphatic carbocycles. The van der Waals surface area contributed by atoms with E-state index in [-0.39, 0.29) is 11.5 Å². The highest BCUT2D eigenvalue weighted by Crippen LogP contribution is 2.57. The average Bonchev–Trinajstić information content (AvgIpc) is 3.12. The van der Waals surface area contributed by atoms with Crippen LogP contribution in [0.3, 0.4) is 0 Å². The van der Waals surface area contributed by atoms with Crippen LogP contribution in [0.4, 0.5) is 0 Å². The van der Waals surface area contributed by atoms with Crippen LogP contribution >= 0.6 is 7.82 Å². The van der Waals surface area contributed by atoms with Crippen molar-refractivity contribution in [2.45, 2.75) is 13.2 Å².